The summed E-state index contributed by atoms with van der Waals surface area (Å²) in [6, 6.07) is 0.723. The molecule has 2 unspecified atom stereocenters. The number of carboxylic acids is 1. The van der Waals surface area contributed by atoms with E-state index in [4.69, 9.17) is 5.11 Å². The zero-order valence-electron chi connectivity index (χ0n) is 9.77. The Morgan fingerprint density at radius 1 is 1.25 bits per heavy atom. The molecule has 1 aliphatic heterocycles. The van der Waals surface area contributed by atoms with Crippen LogP contribution in [0.3, 0.4) is 0 Å². The second-order valence-electron chi connectivity index (χ2n) is 4.99. The Hall–Kier alpha value is -0.830. The summed E-state index contributed by atoms with van der Waals surface area (Å²) < 4.78 is 0. The van der Waals surface area contributed by atoms with Crippen LogP contribution in [0.25, 0.3) is 0 Å². The number of nitrogens with zero attached hydrogens (tertiary/aromatic N) is 1. The van der Waals surface area contributed by atoms with Crippen molar-refractivity contribution >= 4 is 5.97 Å². The molecule has 0 radical (unpaired) electrons. The molecule has 1 N–H and O–H groups in total. The van der Waals surface area contributed by atoms with Gasteiger partial charge >= 0.3 is 5.97 Å². The fourth-order valence-corrected chi connectivity index (χ4v) is 3.24. The number of carbonyl (C=O) groups is 1. The highest BCUT2D eigenvalue weighted by atomic mass is 16.4. The number of rotatable bonds is 3. The first-order valence-corrected chi connectivity index (χ1v) is 6.41. The van der Waals surface area contributed by atoms with Gasteiger partial charge in [0, 0.05) is 18.7 Å². The van der Waals surface area contributed by atoms with E-state index in [-0.39, 0.29) is 0 Å². The average molecular weight is 223 g/mol. The fourth-order valence-electron chi connectivity index (χ4n) is 3.24. The molecule has 0 amide bonds. The van der Waals surface area contributed by atoms with Crippen molar-refractivity contribution in [1.82, 2.24) is 4.90 Å². The Morgan fingerprint density at radius 2 is 2.00 bits per heavy atom. The first-order chi connectivity index (χ1) is 7.77. The molecule has 0 aromatic rings. The predicted octanol–water partition coefficient (Wildman–Crippen LogP) is 2.28. The number of aliphatic carboxylic acids is 1. The van der Waals surface area contributed by atoms with Gasteiger partial charge in [-0.05, 0) is 38.1 Å². The van der Waals surface area contributed by atoms with E-state index in [0.29, 0.717) is 0 Å². The van der Waals surface area contributed by atoms with Crippen molar-refractivity contribution in [2.45, 2.75) is 44.6 Å². The van der Waals surface area contributed by atoms with Gasteiger partial charge in [-0.1, -0.05) is 18.9 Å². The number of carboxylic acid groups (broad SMARTS) is 1. The highest BCUT2D eigenvalue weighted by Gasteiger charge is 2.32. The maximum atomic E-state index is 10.4. The van der Waals surface area contributed by atoms with E-state index < -0.39 is 5.97 Å². The smallest absolute Gasteiger partial charge is 0.328 e. The molecule has 3 nitrogen and oxygen atoms in total. The molecule has 0 aromatic carbocycles. The van der Waals surface area contributed by atoms with Gasteiger partial charge in [0.25, 0.3) is 0 Å². The SMILES string of the molecule is O=C(O)/C=C/CN1CCCC2CCCCC21. The summed E-state index contributed by atoms with van der Waals surface area (Å²) in [6.07, 6.45) is 11.1. The average Bonchev–Trinajstić information content (AvgIpc) is 2.29. The molecular weight excluding hydrogens is 202 g/mol. The number of hydrogen-bond acceptors (Lipinski definition) is 2. The van der Waals surface area contributed by atoms with Crippen LogP contribution in [-0.4, -0.2) is 35.1 Å². The molecule has 1 saturated heterocycles. The Balaban J connectivity index is 1.89. The number of likely N-dealkylation sites (tertiary alicyclic amines) is 1. The summed E-state index contributed by atoms with van der Waals surface area (Å²) in [4.78, 5) is 12.9. The number of hydrogen-bond donors (Lipinski definition) is 1. The summed E-state index contributed by atoms with van der Waals surface area (Å²) in [5, 5.41) is 8.57. The van der Waals surface area contributed by atoms with Crippen molar-refractivity contribution in [2.75, 3.05) is 13.1 Å². The van der Waals surface area contributed by atoms with Crippen molar-refractivity contribution in [2.24, 2.45) is 5.92 Å². The molecule has 0 bridgehead atoms. The molecule has 2 aliphatic rings. The van der Waals surface area contributed by atoms with Gasteiger partial charge in [0.15, 0.2) is 0 Å². The molecule has 2 atom stereocenters. The monoisotopic (exact) mass is 223 g/mol. The third kappa shape index (κ3) is 2.85. The normalized spacial score (nSPS) is 31.5. The van der Waals surface area contributed by atoms with Crippen LogP contribution in [0.1, 0.15) is 38.5 Å². The minimum absolute atomic E-state index is 0.723. The van der Waals surface area contributed by atoms with E-state index in [0.717, 1.165) is 25.0 Å². The van der Waals surface area contributed by atoms with Crippen LogP contribution in [0.5, 0.6) is 0 Å². The summed E-state index contributed by atoms with van der Waals surface area (Å²) in [5.41, 5.74) is 0. The van der Waals surface area contributed by atoms with Crippen molar-refractivity contribution in [3.8, 4) is 0 Å². The van der Waals surface area contributed by atoms with Gasteiger partial charge in [-0.15, -0.1) is 0 Å². The molecular formula is C13H21NO2. The van der Waals surface area contributed by atoms with E-state index in [9.17, 15) is 4.79 Å². The lowest BCUT2D eigenvalue weighted by Crippen LogP contribution is -2.46. The first kappa shape index (κ1) is 11.6. The minimum atomic E-state index is -0.836. The van der Waals surface area contributed by atoms with Crippen LogP contribution < -0.4 is 0 Å². The van der Waals surface area contributed by atoms with Gasteiger partial charge in [-0.2, -0.15) is 0 Å². The highest BCUT2D eigenvalue weighted by molar-refractivity contribution is 5.79. The number of piperidine rings is 1. The van der Waals surface area contributed by atoms with Gasteiger partial charge < -0.3 is 5.11 Å². The van der Waals surface area contributed by atoms with E-state index >= 15 is 0 Å². The van der Waals surface area contributed by atoms with Gasteiger partial charge in [0.2, 0.25) is 0 Å². The molecule has 1 saturated carbocycles. The summed E-state index contributed by atoms with van der Waals surface area (Å²) >= 11 is 0. The van der Waals surface area contributed by atoms with Crippen LogP contribution in [-0.2, 0) is 4.79 Å². The summed E-state index contributed by atoms with van der Waals surface area (Å²) in [7, 11) is 0. The molecule has 0 spiro atoms. The molecule has 16 heavy (non-hydrogen) atoms. The fraction of sp³-hybridized carbons (Fsp3) is 0.769. The van der Waals surface area contributed by atoms with Crippen molar-refractivity contribution in [1.29, 1.82) is 0 Å². The van der Waals surface area contributed by atoms with Crippen LogP contribution in [0.4, 0.5) is 0 Å². The van der Waals surface area contributed by atoms with Crippen LogP contribution in [0, 0.1) is 5.92 Å². The lowest BCUT2D eigenvalue weighted by atomic mass is 9.78. The maximum Gasteiger partial charge on any atom is 0.328 e. The van der Waals surface area contributed by atoms with E-state index in [2.05, 4.69) is 4.90 Å². The molecule has 0 aromatic heterocycles. The molecule has 2 fully saturated rings. The van der Waals surface area contributed by atoms with Crippen LogP contribution in [0.2, 0.25) is 0 Å². The molecule has 90 valence electrons. The van der Waals surface area contributed by atoms with E-state index in [1.165, 1.54) is 44.6 Å². The van der Waals surface area contributed by atoms with Crippen LogP contribution in [0.15, 0.2) is 12.2 Å². The number of fused-ring (bicyclic) bond motifs is 1. The van der Waals surface area contributed by atoms with E-state index in [1.54, 1.807) is 6.08 Å². The third-order valence-corrected chi connectivity index (χ3v) is 3.96. The zero-order valence-corrected chi connectivity index (χ0v) is 9.77. The van der Waals surface area contributed by atoms with Gasteiger partial charge in [0.1, 0.15) is 0 Å². The third-order valence-electron chi connectivity index (χ3n) is 3.96. The molecule has 1 heterocycles. The predicted molar refractivity (Wildman–Crippen MR) is 63.3 cm³/mol. The Morgan fingerprint density at radius 3 is 2.81 bits per heavy atom. The Labute approximate surface area is 97.1 Å². The molecule has 2 rings (SSSR count). The maximum absolute atomic E-state index is 10.4. The van der Waals surface area contributed by atoms with Gasteiger partial charge in [-0.3, -0.25) is 4.90 Å². The molecule has 1 aliphatic carbocycles. The summed E-state index contributed by atoms with van der Waals surface area (Å²) in [5.74, 6) is 0.0398. The largest absolute Gasteiger partial charge is 0.478 e. The zero-order chi connectivity index (χ0) is 11.4. The van der Waals surface area contributed by atoms with Crippen molar-refractivity contribution < 1.29 is 9.90 Å². The van der Waals surface area contributed by atoms with Gasteiger partial charge in [-0.25, -0.2) is 4.79 Å². The molecule has 3 heteroatoms. The van der Waals surface area contributed by atoms with Crippen molar-refractivity contribution in [3.05, 3.63) is 12.2 Å². The van der Waals surface area contributed by atoms with Crippen molar-refractivity contribution in [3.63, 3.8) is 0 Å². The minimum Gasteiger partial charge on any atom is -0.478 e. The topological polar surface area (TPSA) is 40.5 Å². The first-order valence-electron chi connectivity index (χ1n) is 6.41. The Bertz CT molecular complexity index is 273. The second-order valence-corrected chi connectivity index (χ2v) is 4.99. The van der Waals surface area contributed by atoms with Crippen LogP contribution >= 0.6 is 0 Å². The van der Waals surface area contributed by atoms with E-state index in [1.807, 2.05) is 0 Å². The summed E-state index contributed by atoms with van der Waals surface area (Å²) in [6.45, 7) is 1.96. The highest BCUT2D eigenvalue weighted by Crippen LogP contribution is 2.34. The quantitative estimate of drug-likeness (QED) is 0.746. The second kappa shape index (κ2) is 5.48. The lowest BCUT2D eigenvalue weighted by Gasteiger charge is -2.43. The Kier molecular flexibility index (Phi) is 3.99. The lowest BCUT2D eigenvalue weighted by molar-refractivity contribution is -0.131. The standard InChI is InChI=1S/C13H21NO2/c15-13(16)8-4-10-14-9-3-6-11-5-1-2-7-12(11)14/h4,8,11-12H,1-3,5-7,9-10H2,(H,15,16)/b8-4+. The van der Waals surface area contributed by atoms with Gasteiger partial charge in [0.05, 0.1) is 0 Å².